The van der Waals surface area contributed by atoms with Crippen LogP contribution in [0.4, 0.5) is 5.69 Å². The van der Waals surface area contributed by atoms with Crippen LogP contribution in [-0.4, -0.2) is 62.8 Å². The van der Waals surface area contributed by atoms with Gasteiger partial charge in [0.1, 0.15) is 18.0 Å². The summed E-state index contributed by atoms with van der Waals surface area (Å²) in [5, 5.41) is 17.1. The summed E-state index contributed by atoms with van der Waals surface area (Å²) in [6, 6.07) is 7.06. The van der Waals surface area contributed by atoms with Crippen molar-refractivity contribution in [2.75, 3.05) is 33.7 Å². The SMILES string of the molecule is CO.COC[C@H]1O[C@@H](Oc2ccc(N)cc2)C[C@@H](OC)[C@H]1O. The normalized spacial score (nSPS) is 27.7. The van der Waals surface area contributed by atoms with Crippen LogP contribution in [0.5, 0.6) is 5.75 Å². The molecule has 4 atom stereocenters. The highest BCUT2D eigenvalue weighted by atomic mass is 16.7. The van der Waals surface area contributed by atoms with Gasteiger partial charge in [-0.2, -0.15) is 0 Å². The fourth-order valence-electron chi connectivity index (χ4n) is 2.21. The van der Waals surface area contributed by atoms with Crippen molar-refractivity contribution in [1.82, 2.24) is 0 Å². The van der Waals surface area contributed by atoms with Gasteiger partial charge in [0.25, 0.3) is 0 Å². The molecular weight excluding hydrogens is 290 g/mol. The first-order valence-corrected chi connectivity index (χ1v) is 6.96. The van der Waals surface area contributed by atoms with Gasteiger partial charge in [-0.25, -0.2) is 0 Å². The predicted molar refractivity (Wildman–Crippen MR) is 81.6 cm³/mol. The Labute approximate surface area is 130 Å². The molecule has 126 valence electrons. The van der Waals surface area contributed by atoms with E-state index < -0.39 is 18.5 Å². The van der Waals surface area contributed by atoms with Crippen LogP contribution in [0.1, 0.15) is 6.42 Å². The minimum atomic E-state index is -0.730. The van der Waals surface area contributed by atoms with E-state index in [1.807, 2.05) is 0 Å². The zero-order chi connectivity index (χ0) is 16.5. The van der Waals surface area contributed by atoms with E-state index in [-0.39, 0.29) is 12.7 Å². The molecule has 0 bridgehead atoms. The van der Waals surface area contributed by atoms with Gasteiger partial charge in [-0.15, -0.1) is 0 Å². The fourth-order valence-corrected chi connectivity index (χ4v) is 2.21. The Morgan fingerprint density at radius 3 is 2.41 bits per heavy atom. The molecule has 7 heteroatoms. The monoisotopic (exact) mass is 315 g/mol. The number of nitrogens with two attached hydrogens (primary N) is 1. The van der Waals surface area contributed by atoms with Gasteiger partial charge in [0.2, 0.25) is 6.29 Å². The summed E-state index contributed by atoms with van der Waals surface area (Å²) in [7, 11) is 4.12. The number of aliphatic hydroxyl groups excluding tert-OH is 2. The Balaban J connectivity index is 0.00000116. The highest BCUT2D eigenvalue weighted by Crippen LogP contribution is 2.25. The van der Waals surface area contributed by atoms with Crippen molar-refractivity contribution in [2.24, 2.45) is 0 Å². The molecule has 0 unspecified atom stereocenters. The topological polar surface area (TPSA) is 103 Å². The van der Waals surface area contributed by atoms with Crippen LogP contribution in [0.3, 0.4) is 0 Å². The van der Waals surface area contributed by atoms with Crippen molar-refractivity contribution in [2.45, 2.75) is 31.0 Å². The first kappa shape index (κ1) is 18.7. The number of nitrogen functional groups attached to an aromatic ring is 1. The van der Waals surface area contributed by atoms with E-state index in [9.17, 15) is 5.11 Å². The molecule has 1 aliphatic rings. The predicted octanol–water partition coefficient (Wildman–Crippen LogP) is 0.393. The van der Waals surface area contributed by atoms with Gasteiger partial charge in [0, 0.05) is 33.4 Å². The highest BCUT2D eigenvalue weighted by molar-refractivity contribution is 5.41. The van der Waals surface area contributed by atoms with E-state index >= 15 is 0 Å². The van der Waals surface area contributed by atoms with Crippen molar-refractivity contribution in [3.8, 4) is 5.75 Å². The third-order valence-corrected chi connectivity index (χ3v) is 3.29. The quantitative estimate of drug-likeness (QED) is 0.675. The van der Waals surface area contributed by atoms with Crippen LogP contribution in [0, 0.1) is 0 Å². The second kappa shape index (κ2) is 9.60. The number of hydrogen-bond donors (Lipinski definition) is 3. The average Bonchev–Trinajstić information content (AvgIpc) is 2.54. The number of benzene rings is 1. The number of hydrogen-bond acceptors (Lipinski definition) is 7. The number of aliphatic hydroxyl groups is 2. The summed E-state index contributed by atoms with van der Waals surface area (Å²) in [6.07, 6.45) is -1.60. The molecule has 1 heterocycles. The molecule has 0 saturated carbocycles. The number of methoxy groups -OCH3 is 2. The summed E-state index contributed by atoms with van der Waals surface area (Å²) < 4.78 is 21.8. The number of anilines is 1. The van der Waals surface area contributed by atoms with E-state index in [0.717, 1.165) is 7.11 Å². The summed E-state index contributed by atoms with van der Waals surface area (Å²) in [6.45, 7) is 0.280. The Bertz CT molecular complexity index is 413. The van der Waals surface area contributed by atoms with E-state index in [4.69, 9.17) is 29.8 Å². The largest absolute Gasteiger partial charge is 0.465 e. The molecule has 0 aromatic heterocycles. The molecule has 1 aliphatic heterocycles. The Morgan fingerprint density at radius 2 is 1.86 bits per heavy atom. The Morgan fingerprint density at radius 1 is 1.23 bits per heavy atom. The van der Waals surface area contributed by atoms with Crippen molar-refractivity contribution < 1.29 is 29.2 Å². The van der Waals surface area contributed by atoms with Gasteiger partial charge in [-0.1, -0.05) is 0 Å². The maximum absolute atomic E-state index is 10.1. The standard InChI is InChI=1S/C14H21NO5.CH4O/c1-17-8-12-14(16)11(18-2)7-13(20-12)19-10-5-3-9(15)4-6-10;1-2/h3-6,11-14,16H,7-8,15H2,1-2H3;2H,1H3/t11-,12-,13-,14-;/m1./s1. The lowest BCUT2D eigenvalue weighted by Crippen LogP contribution is -2.52. The van der Waals surface area contributed by atoms with Gasteiger partial charge in [-0.3, -0.25) is 0 Å². The first-order chi connectivity index (χ1) is 10.6. The maximum Gasteiger partial charge on any atom is 0.202 e. The minimum absolute atomic E-state index is 0.280. The van der Waals surface area contributed by atoms with Crippen molar-refractivity contribution in [3.63, 3.8) is 0 Å². The zero-order valence-electron chi connectivity index (χ0n) is 13.1. The van der Waals surface area contributed by atoms with Crippen molar-refractivity contribution >= 4 is 5.69 Å². The Hall–Kier alpha value is -1.38. The van der Waals surface area contributed by atoms with Crippen LogP contribution in [0.2, 0.25) is 0 Å². The van der Waals surface area contributed by atoms with Gasteiger partial charge < -0.3 is 34.9 Å². The van der Waals surface area contributed by atoms with E-state index in [1.54, 1.807) is 38.5 Å². The molecule has 4 N–H and O–H groups in total. The van der Waals surface area contributed by atoms with Gasteiger partial charge in [0.05, 0.1) is 12.7 Å². The fraction of sp³-hybridized carbons (Fsp3) is 0.600. The molecule has 0 radical (unpaired) electrons. The smallest absolute Gasteiger partial charge is 0.202 e. The molecule has 1 fully saturated rings. The molecular formula is C15H25NO6. The van der Waals surface area contributed by atoms with Gasteiger partial charge in [-0.05, 0) is 24.3 Å². The van der Waals surface area contributed by atoms with Crippen LogP contribution >= 0.6 is 0 Å². The number of rotatable bonds is 5. The van der Waals surface area contributed by atoms with Gasteiger partial charge in [0.15, 0.2) is 0 Å². The summed E-state index contributed by atoms with van der Waals surface area (Å²) in [4.78, 5) is 0. The maximum atomic E-state index is 10.1. The summed E-state index contributed by atoms with van der Waals surface area (Å²) in [5.74, 6) is 0.659. The van der Waals surface area contributed by atoms with E-state index in [2.05, 4.69) is 0 Å². The summed E-state index contributed by atoms with van der Waals surface area (Å²) >= 11 is 0. The molecule has 1 saturated heterocycles. The highest BCUT2D eigenvalue weighted by Gasteiger charge is 2.38. The van der Waals surface area contributed by atoms with E-state index in [1.165, 1.54) is 0 Å². The van der Waals surface area contributed by atoms with E-state index in [0.29, 0.717) is 17.9 Å². The zero-order valence-corrected chi connectivity index (χ0v) is 13.1. The second-order valence-corrected chi connectivity index (χ2v) is 4.75. The van der Waals surface area contributed by atoms with Crippen LogP contribution < -0.4 is 10.5 Å². The average molecular weight is 315 g/mol. The third kappa shape index (κ3) is 5.11. The molecule has 0 aliphatic carbocycles. The first-order valence-electron chi connectivity index (χ1n) is 6.96. The van der Waals surface area contributed by atoms with Crippen LogP contribution in [-0.2, 0) is 14.2 Å². The minimum Gasteiger partial charge on any atom is -0.465 e. The molecule has 0 amide bonds. The van der Waals surface area contributed by atoms with Crippen molar-refractivity contribution in [3.05, 3.63) is 24.3 Å². The van der Waals surface area contributed by atoms with Crippen molar-refractivity contribution in [1.29, 1.82) is 0 Å². The molecule has 22 heavy (non-hydrogen) atoms. The molecule has 7 nitrogen and oxygen atoms in total. The molecule has 2 rings (SSSR count). The van der Waals surface area contributed by atoms with Crippen LogP contribution in [0.25, 0.3) is 0 Å². The molecule has 0 spiro atoms. The lowest BCUT2D eigenvalue weighted by Gasteiger charge is -2.38. The molecule has 1 aromatic carbocycles. The lowest BCUT2D eigenvalue weighted by atomic mass is 10.0. The number of ether oxygens (including phenoxy) is 4. The third-order valence-electron chi connectivity index (χ3n) is 3.29. The second-order valence-electron chi connectivity index (χ2n) is 4.75. The molecule has 1 aromatic rings. The Kier molecular flexibility index (Phi) is 8.15. The lowest BCUT2D eigenvalue weighted by molar-refractivity contribution is -0.236. The van der Waals surface area contributed by atoms with Gasteiger partial charge >= 0.3 is 0 Å². The summed E-state index contributed by atoms with van der Waals surface area (Å²) in [5.41, 5.74) is 6.30. The van der Waals surface area contributed by atoms with Crippen LogP contribution in [0.15, 0.2) is 24.3 Å².